The highest BCUT2D eigenvalue weighted by atomic mass is 16.5. The van der Waals surface area contributed by atoms with Crippen molar-refractivity contribution in [3.05, 3.63) is 29.3 Å². The minimum atomic E-state index is -1.59. The molecule has 0 amide bonds. The lowest BCUT2D eigenvalue weighted by molar-refractivity contribution is -0.156. The molecule has 4 N–H and O–H groups in total. The zero-order valence-electron chi connectivity index (χ0n) is 9.88. The number of aliphatic hydroxyl groups is 2. The second-order valence-electron chi connectivity index (χ2n) is 3.72. The van der Waals surface area contributed by atoms with Crippen LogP contribution < -0.4 is 5.73 Å². The van der Waals surface area contributed by atoms with Gasteiger partial charge in [-0.1, -0.05) is 19.1 Å². The molecule has 1 aromatic carbocycles. The number of aliphatic hydroxyl groups excluding tert-OH is 2. The van der Waals surface area contributed by atoms with Crippen LogP contribution in [0.25, 0.3) is 0 Å². The van der Waals surface area contributed by atoms with Crippen molar-refractivity contribution < 1.29 is 19.7 Å². The third-order valence-electron chi connectivity index (χ3n) is 2.63. The monoisotopic (exact) mass is 239 g/mol. The summed E-state index contributed by atoms with van der Waals surface area (Å²) >= 11 is 0. The second kappa shape index (κ2) is 5.65. The van der Waals surface area contributed by atoms with Gasteiger partial charge in [0.2, 0.25) is 0 Å². The minimum absolute atomic E-state index is 0.439. The third-order valence-corrected chi connectivity index (χ3v) is 2.63. The Bertz CT molecular complexity index is 405. The number of methoxy groups -OCH3 is 1. The number of carbonyl (C=O) groups is 1. The third kappa shape index (κ3) is 2.95. The molecule has 1 rings (SSSR count). The number of hydrogen-bond acceptors (Lipinski definition) is 5. The molecule has 0 spiro atoms. The quantitative estimate of drug-likeness (QED) is 0.522. The van der Waals surface area contributed by atoms with Crippen molar-refractivity contribution in [3.8, 4) is 0 Å². The summed E-state index contributed by atoms with van der Waals surface area (Å²) in [5.41, 5.74) is 7.65. The van der Waals surface area contributed by atoms with E-state index in [1.165, 1.54) is 0 Å². The average Bonchev–Trinajstić information content (AvgIpc) is 2.36. The number of aryl methyl sites for hydroxylation is 1. The van der Waals surface area contributed by atoms with Crippen LogP contribution in [0, 0.1) is 0 Å². The first-order chi connectivity index (χ1) is 8.01. The molecule has 0 radical (unpaired) electrons. The van der Waals surface area contributed by atoms with Crippen LogP contribution in [0.2, 0.25) is 0 Å². The highest BCUT2D eigenvalue weighted by molar-refractivity contribution is 5.75. The van der Waals surface area contributed by atoms with Gasteiger partial charge in [0.25, 0.3) is 0 Å². The van der Waals surface area contributed by atoms with E-state index in [1.54, 1.807) is 18.2 Å². The van der Waals surface area contributed by atoms with E-state index >= 15 is 0 Å². The zero-order valence-corrected chi connectivity index (χ0v) is 9.88. The maximum atomic E-state index is 11.1. The Hall–Kier alpha value is -1.59. The molecule has 0 aliphatic carbocycles. The lowest BCUT2D eigenvalue weighted by atomic mass is 10.00. The Kier molecular flexibility index (Phi) is 4.48. The molecule has 0 heterocycles. The zero-order chi connectivity index (χ0) is 13.0. The molecule has 94 valence electrons. The molecule has 0 saturated heterocycles. The van der Waals surface area contributed by atoms with Crippen LogP contribution in [0.4, 0.5) is 5.69 Å². The van der Waals surface area contributed by atoms with Crippen molar-refractivity contribution in [3.63, 3.8) is 0 Å². The van der Waals surface area contributed by atoms with E-state index < -0.39 is 18.2 Å². The summed E-state index contributed by atoms with van der Waals surface area (Å²) in [5.74, 6) is -0.868. The largest absolute Gasteiger partial charge is 0.467 e. The van der Waals surface area contributed by atoms with Gasteiger partial charge in [0.1, 0.15) is 6.10 Å². The van der Waals surface area contributed by atoms with Crippen LogP contribution in [0.15, 0.2) is 18.2 Å². The molecule has 2 unspecified atom stereocenters. The number of rotatable bonds is 4. The van der Waals surface area contributed by atoms with Crippen molar-refractivity contribution in [1.82, 2.24) is 0 Å². The molecular weight excluding hydrogens is 222 g/mol. The van der Waals surface area contributed by atoms with Crippen molar-refractivity contribution >= 4 is 11.7 Å². The number of carbonyl (C=O) groups excluding carboxylic acids is 1. The van der Waals surface area contributed by atoms with Gasteiger partial charge in [-0.05, 0) is 23.6 Å². The fraction of sp³-hybridized carbons (Fsp3) is 0.417. The number of nitrogen functional groups attached to an aromatic ring is 1. The fourth-order valence-electron chi connectivity index (χ4n) is 1.55. The predicted octanol–water partition coefficient (Wildman–Crippen LogP) is 0.398. The molecule has 1 aromatic rings. The summed E-state index contributed by atoms with van der Waals surface area (Å²) in [7, 11) is 1.15. The van der Waals surface area contributed by atoms with Gasteiger partial charge in [-0.25, -0.2) is 4.79 Å². The van der Waals surface area contributed by atoms with Gasteiger partial charge in [0.05, 0.1) is 7.11 Å². The van der Waals surface area contributed by atoms with E-state index in [0.717, 1.165) is 12.7 Å². The maximum Gasteiger partial charge on any atom is 0.337 e. The molecule has 0 aromatic heterocycles. The van der Waals surface area contributed by atoms with Crippen LogP contribution >= 0.6 is 0 Å². The van der Waals surface area contributed by atoms with E-state index in [2.05, 4.69) is 4.74 Å². The van der Waals surface area contributed by atoms with Gasteiger partial charge in [-0.15, -0.1) is 0 Å². The van der Waals surface area contributed by atoms with Gasteiger partial charge >= 0.3 is 5.97 Å². The fourth-order valence-corrected chi connectivity index (χ4v) is 1.55. The average molecular weight is 239 g/mol. The Morgan fingerprint density at radius 2 is 2.12 bits per heavy atom. The van der Waals surface area contributed by atoms with Crippen LogP contribution in [-0.4, -0.2) is 29.4 Å². The first-order valence-electron chi connectivity index (χ1n) is 5.33. The Balaban J connectivity index is 2.96. The molecule has 0 fully saturated rings. The number of anilines is 1. The van der Waals surface area contributed by atoms with E-state index in [4.69, 9.17) is 5.73 Å². The van der Waals surface area contributed by atoms with Crippen molar-refractivity contribution in [1.29, 1.82) is 0 Å². The predicted molar refractivity (Wildman–Crippen MR) is 63.2 cm³/mol. The molecule has 2 atom stereocenters. The van der Waals surface area contributed by atoms with Crippen LogP contribution in [0.5, 0.6) is 0 Å². The van der Waals surface area contributed by atoms with Crippen LogP contribution in [-0.2, 0) is 16.0 Å². The maximum absolute atomic E-state index is 11.1. The van der Waals surface area contributed by atoms with Crippen molar-refractivity contribution in [2.45, 2.75) is 25.6 Å². The smallest absolute Gasteiger partial charge is 0.337 e. The molecule has 0 bridgehead atoms. The Morgan fingerprint density at radius 1 is 1.47 bits per heavy atom. The molecule has 0 saturated carbocycles. The van der Waals surface area contributed by atoms with Crippen LogP contribution in [0.3, 0.4) is 0 Å². The van der Waals surface area contributed by atoms with Gasteiger partial charge in [0, 0.05) is 5.69 Å². The first kappa shape index (κ1) is 13.5. The summed E-state index contributed by atoms with van der Waals surface area (Å²) in [5, 5.41) is 19.3. The molecule has 0 aliphatic heterocycles. The number of nitrogens with two attached hydrogens (primary N) is 1. The summed E-state index contributed by atoms with van der Waals surface area (Å²) in [6.45, 7) is 1.93. The van der Waals surface area contributed by atoms with E-state index in [9.17, 15) is 15.0 Å². The highest BCUT2D eigenvalue weighted by Gasteiger charge is 2.26. The van der Waals surface area contributed by atoms with Gasteiger partial charge in [-0.2, -0.15) is 0 Å². The normalized spacial score (nSPS) is 14.1. The topological polar surface area (TPSA) is 92.8 Å². The Labute approximate surface area is 99.8 Å². The lowest BCUT2D eigenvalue weighted by Crippen LogP contribution is -2.29. The lowest BCUT2D eigenvalue weighted by Gasteiger charge is -2.17. The summed E-state index contributed by atoms with van der Waals surface area (Å²) in [4.78, 5) is 11.1. The van der Waals surface area contributed by atoms with E-state index in [1.807, 2.05) is 6.92 Å². The van der Waals surface area contributed by atoms with Crippen LogP contribution in [0.1, 0.15) is 24.2 Å². The first-order valence-corrected chi connectivity index (χ1v) is 5.33. The van der Waals surface area contributed by atoms with Gasteiger partial charge < -0.3 is 20.7 Å². The molecule has 5 heteroatoms. The molecular formula is C12H17NO4. The minimum Gasteiger partial charge on any atom is -0.467 e. The molecule has 5 nitrogen and oxygen atoms in total. The summed E-state index contributed by atoms with van der Waals surface area (Å²) in [6.07, 6.45) is -2.19. The van der Waals surface area contributed by atoms with Crippen molar-refractivity contribution in [2.75, 3.05) is 12.8 Å². The van der Waals surface area contributed by atoms with Crippen molar-refractivity contribution in [2.24, 2.45) is 0 Å². The van der Waals surface area contributed by atoms with E-state index in [0.29, 0.717) is 17.7 Å². The molecule has 0 aliphatic rings. The number of esters is 1. The van der Waals surface area contributed by atoms with Gasteiger partial charge in [-0.3, -0.25) is 0 Å². The number of ether oxygens (including phenoxy) is 1. The SMILES string of the molecule is CCc1cc(C(O)C(O)C(=O)OC)ccc1N. The second-order valence-corrected chi connectivity index (χ2v) is 3.72. The number of hydrogen-bond donors (Lipinski definition) is 3. The highest BCUT2D eigenvalue weighted by Crippen LogP contribution is 2.22. The summed E-state index contributed by atoms with van der Waals surface area (Å²) < 4.78 is 4.36. The van der Waals surface area contributed by atoms with Gasteiger partial charge in [0.15, 0.2) is 6.10 Å². The number of benzene rings is 1. The summed E-state index contributed by atoms with van der Waals surface area (Å²) in [6, 6.07) is 4.89. The standard InChI is InChI=1S/C12H17NO4/c1-3-7-6-8(4-5-9(7)13)10(14)11(15)12(16)17-2/h4-6,10-11,14-15H,3,13H2,1-2H3. The molecule has 17 heavy (non-hydrogen) atoms. The Morgan fingerprint density at radius 3 is 2.65 bits per heavy atom. The van der Waals surface area contributed by atoms with E-state index in [-0.39, 0.29) is 0 Å².